The number of halogens is 1. The van der Waals surface area contributed by atoms with E-state index in [1.165, 1.54) is 6.07 Å². The number of hydrogen-bond donors (Lipinski definition) is 0. The minimum atomic E-state index is -0.544. The van der Waals surface area contributed by atoms with E-state index in [-0.39, 0.29) is 5.82 Å². The largest absolute Gasteiger partial charge is 0.494 e. The van der Waals surface area contributed by atoms with Gasteiger partial charge in [0.25, 0.3) is 0 Å². The van der Waals surface area contributed by atoms with E-state index in [9.17, 15) is 4.39 Å². The van der Waals surface area contributed by atoms with Gasteiger partial charge in [0.05, 0.1) is 17.7 Å². The second-order valence-electron chi connectivity index (χ2n) is 8.09. The standard InChI is InChI=1S/C18H24BFN4O2/c1-17(2)18(3,4)26-19(25-17)14-6-5-13(15(20)9-14)10-23-7-8-24-12-21-22-16(24)11-23/h5-6,9,12H,7-8,10-11H2,1-4H3. The molecular formula is C18H24BFN4O2. The maximum Gasteiger partial charge on any atom is 0.494 e. The van der Waals surface area contributed by atoms with Crippen LogP contribution in [0.25, 0.3) is 0 Å². The zero-order valence-corrected chi connectivity index (χ0v) is 15.7. The van der Waals surface area contributed by atoms with Crippen LogP contribution in [0.4, 0.5) is 4.39 Å². The molecule has 0 radical (unpaired) electrons. The fraction of sp³-hybridized carbons (Fsp3) is 0.556. The molecule has 2 aromatic rings. The van der Waals surface area contributed by atoms with Crippen LogP contribution in [0, 0.1) is 5.82 Å². The van der Waals surface area contributed by atoms with Crippen molar-refractivity contribution in [2.24, 2.45) is 0 Å². The van der Waals surface area contributed by atoms with Gasteiger partial charge in [-0.1, -0.05) is 12.1 Å². The molecule has 0 unspecified atom stereocenters. The molecule has 0 spiro atoms. The van der Waals surface area contributed by atoms with E-state index in [1.807, 2.05) is 44.4 Å². The average molecular weight is 358 g/mol. The van der Waals surface area contributed by atoms with Gasteiger partial charge >= 0.3 is 7.12 Å². The second-order valence-corrected chi connectivity index (χ2v) is 8.09. The third-order valence-corrected chi connectivity index (χ3v) is 5.71. The number of rotatable bonds is 3. The zero-order chi connectivity index (χ0) is 18.5. The average Bonchev–Trinajstić information content (AvgIpc) is 3.11. The Labute approximate surface area is 153 Å². The Bertz CT molecular complexity index is 807. The van der Waals surface area contributed by atoms with Crippen molar-refractivity contribution in [2.75, 3.05) is 6.54 Å². The number of hydrogen-bond acceptors (Lipinski definition) is 5. The lowest BCUT2D eigenvalue weighted by atomic mass is 9.78. The lowest BCUT2D eigenvalue weighted by Gasteiger charge is -2.32. The summed E-state index contributed by atoms with van der Waals surface area (Å²) in [6.45, 7) is 10.9. The van der Waals surface area contributed by atoms with E-state index in [0.717, 1.165) is 18.9 Å². The van der Waals surface area contributed by atoms with Crippen LogP contribution in [0.1, 0.15) is 39.1 Å². The topological polar surface area (TPSA) is 52.4 Å². The molecule has 0 aliphatic carbocycles. The predicted molar refractivity (Wildman–Crippen MR) is 96.3 cm³/mol. The zero-order valence-electron chi connectivity index (χ0n) is 15.7. The highest BCUT2D eigenvalue weighted by Gasteiger charge is 2.51. The Kier molecular flexibility index (Phi) is 4.17. The lowest BCUT2D eigenvalue weighted by Crippen LogP contribution is -2.41. The molecule has 2 aliphatic rings. The van der Waals surface area contributed by atoms with Gasteiger partial charge in [-0.3, -0.25) is 4.90 Å². The van der Waals surface area contributed by atoms with Gasteiger partial charge in [-0.25, -0.2) is 4.39 Å². The quantitative estimate of drug-likeness (QED) is 0.783. The van der Waals surface area contributed by atoms with Crippen molar-refractivity contribution in [3.8, 4) is 0 Å². The van der Waals surface area contributed by atoms with E-state index in [0.29, 0.717) is 24.1 Å². The van der Waals surface area contributed by atoms with Crippen LogP contribution < -0.4 is 5.46 Å². The fourth-order valence-electron chi connectivity index (χ4n) is 3.31. The van der Waals surface area contributed by atoms with Crippen LogP contribution in [0.2, 0.25) is 0 Å². The molecule has 8 heteroatoms. The van der Waals surface area contributed by atoms with Crippen LogP contribution in [0.5, 0.6) is 0 Å². The predicted octanol–water partition coefficient (Wildman–Crippen LogP) is 1.73. The van der Waals surface area contributed by atoms with E-state index in [4.69, 9.17) is 9.31 Å². The Balaban J connectivity index is 1.47. The molecule has 1 saturated heterocycles. The third-order valence-electron chi connectivity index (χ3n) is 5.71. The van der Waals surface area contributed by atoms with Gasteiger partial charge in [-0.05, 0) is 39.2 Å². The molecule has 0 bridgehead atoms. The van der Waals surface area contributed by atoms with Crippen LogP contribution in [-0.4, -0.2) is 44.5 Å². The van der Waals surface area contributed by atoms with Crippen molar-refractivity contribution in [3.05, 3.63) is 41.7 Å². The molecule has 1 fully saturated rings. The molecular weight excluding hydrogens is 334 g/mol. The highest BCUT2D eigenvalue weighted by molar-refractivity contribution is 6.62. The monoisotopic (exact) mass is 358 g/mol. The van der Waals surface area contributed by atoms with Gasteiger partial charge in [0.1, 0.15) is 18.0 Å². The summed E-state index contributed by atoms with van der Waals surface area (Å²) >= 11 is 0. The summed E-state index contributed by atoms with van der Waals surface area (Å²) in [6.07, 6.45) is 1.74. The van der Waals surface area contributed by atoms with E-state index in [2.05, 4.69) is 15.1 Å². The van der Waals surface area contributed by atoms with Gasteiger partial charge in [0.2, 0.25) is 0 Å². The number of nitrogens with zero attached hydrogens (tertiary/aromatic N) is 4. The SMILES string of the molecule is CC1(C)OB(c2ccc(CN3CCn4cnnc4C3)c(F)c2)OC1(C)C. The van der Waals surface area contributed by atoms with Crippen LogP contribution in [0.3, 0.4) is 0 Å². The Morgan fingerprint density at radius 2 is 1.88 bits per heavy atom. The van der Waals surface area contributed by atoms with Crippen LogP contribution in [0.15, 0.2) is 24.5 Å². The fourth-order valence-corrected chi connectivity index (χ4v) is 3.31. The Hall–Kier alpha value is -1.77. The van der Waals surface area contributed by atoms with Gasteiger partial charge in [0.15, 0.2) is 0 Å². The molecule has 6 nitrogen and oxygen atoms in total. The minimum absolute atomic E-state index is 0.232. The van der Waals surface area contributed by atoms with Crippen molar-refractivity contribution >= 4 is 12.6 Å². The van der Waals surface area contributed by atoms with Crippen molar-refractivity contribution in [1.82, 2.24) is 19.7 Å². The maximum atomic E-state index is 14.7. The summed E-state index contributed by atoms with van der Waals surface area (Å²) in [6, 6.07) is 5.26. The Morgan fingerprint density at radius 3 is 2.58 bits per heavy atom. The van der Waals surface area contributed by atoms with Crippen molar-refractivity contribution in [3.63, 3.8) is 0 Å². The van der Waals surface area contributed by atoms with Crippen LogP contribution in [-0.2, 0) is 28.9 Å². The summed E-state index contributed by atoms with van der Waals surface area (Å²) in [5.74, 6) is 0.690. The molecule has 1 aromatic carbocycles. The second kappa shape index (κ2) is 6.15. The number of aromatic nitrogens is 3. The highest BCUT2D eigenvalue weighted by Crippen LogP contribution is 2.36. The molecule has 2 aliphatic heterocycles. The van der Waals surface area contributed by atoms with Crippen molar-refractivity contribution in [2.45, 2.75) is 58.5 Å². The molecule has 0 amide bonds. The summed E-state index contributed by atoms with van der Waals surface area (Å²) in [5.41, 5.74) is 0.508. The summed E-state index contributed by atoms with van der Waals surface area (Å²) < 4.78 is 28.8. The highest BCUT2D eigenvalue weighted by atomic mass is 19.1. The first-order chi connectivity index (χ1) is 12.2. The van der Waals surface area contributed by atoms with Gasteiger partial charge in [-0.2, -0.15) is 0 Å². The van der Waals surface area contributed by atoms with Gasteiger partial charge < -0.3 is 13.9 Å². The first kappa shape index (κ1) is 17.6. The van der Waals surface area contributed by atoms with E-state index < -0.39 is 18.3 Å². The van der Waals surface area contributed by atoms with Gasteiger partial charge in [0, 0.05) is 25.2 Å². The van der Waals surface area contributed by atoms with Gasteiger partial charge in [-0.15, -0.1) is 10.2 Å². The minimum Gasteiger partial charge on any atom is -0.399 e. The van der Waals surface area contributed by atoms with E-state index in [1.54, 1.807) is 6.33 Å². The molecule has 138 valence electrons. The normalized spacial score (nSPS) is 21.8. The van der Waals surface area contributed by atoms with E-state index >= 15 is 0 Å². The molecule has 1 aromatic heterocycles. The molecule has 26 heavy (non-hydrogen) atoms. The number of benzene rings is 1. The third kappa shape index (κ3) is 3.06. The number of fused-ring (bicyclic) bond motifs is 1. The summed E-state index contributed by atoms with van der Waals surface area (Å²) in [4.78, 5) is 2.18. The molecule has 3 heterocycles. The molecule has 0 N–H and O–H groups in total. The Morgan fingerprint density at radius 1 is 1.15 bits per heavy atom. The molecule has 4 rings (SSSR count). The summed E-state index contributed by atoms with van der Waals surface area (Å²) in [7, 11) is -0.544. The first-order valence-corrected chi connectivity index (χ1v) is 8.98. The first-order valence-electron chi connectivity index (χ1n) is 8.98. The van der Waals surface area contributed by atoms with Crippen molar-refractivity contribution < 1.29 is 13.7 Å². The lowest BCUT2D eigenvalue weighted by molar-refractivity contribution is 0.00578. The van der Waals surface area contributed by atoms with Crippen LogP contribution >= 0.6 is 0 Å². The maximum absolute atomic E-state index is 14.7. The molecule has 0 saturated carbocycles. The molecule has 0 atom stereocenters. The summed E-state index contributed by atoms with van der Waals surface area (Å²) in [5, 5.41) is 8.04. The smallest absolute Gasteiger partial charge is 0.399 e. The van der Waals surface area contributed by atoms with Crippen molar-refractivity contribution in [1.29, 1.82) is 0 Å².